The smallest absolute Gasteiger partial charge is 0.263 e. The highest BCUT2D eigenvalue weighted by Gasteiger charge is 2.09. The number of nitrogens with one attached hydrogen (secondary N) is 2. The molecular weight excluding hydrogens is 281 g/mol. The van der Waals surface area contributed by atoms with E-state index in [9.17, 15) is 9.18 Å². The van der Waals surface area contributed by atoms with Crippen LogP contribution in [0.3, 0.4) is 0 Å². The molecule has 1 rings (SSSR count). The van der Waals surface area contributed by atoms with Crippen LogP contribution in [-0.2, 0) is 4.79 Å². The molecular formula is C14H15ClFN3O. The van der Waals surface area contributed by atoms with Crippen molar-refractivity contribution >= 4 is 23.2 Å². The second-order valence-electron chi connectivity index (χ2n) is 4.55. The van der Waals surface area contributed by atoms with Crippen LogP contribution in [0.4, 0.5) is 10.1 Å². The van der Waals surface area contributed by atoms with Gasteiger partial charge in [-0.3, -0.25) is 4.79 Å². The fourth-order valence-corrected chi connectivity index (χ4v) is 1.46. The molecule has 0 heterocycles. The largest absolute Gasteiger partial charge is 0.360 e. The third-order valence-corrected chi connectivity index (χ3v) is 2.63. The van der Waals surface area contributed by atoms with Crippen LogP contribution in [0.15, 0.2) is 30.0 Å². The Morgan fingerprint density at radius 3 is 2.80 bits per heavy atom. The molecule has 6 heteroatoms. The van der Waals surface area contributed by atoms with E-state index in [1.54, 1.807) is 6.07 Å². The molecule has 0 unspecified atom stereocenters. The zero-order valence-electron chi connectivity index (χ0n) is 11.2. The van der Waals surface area contributed by atoms with Crippen molar-refractivity contribution in [2.75, 3.05) is 11.9 Å². The monoisotopic (exact) mass is 295 g/mol. The van der Waals surface area contributed by atoms with Gasteiger partial charge in [-0.2, -0.15) is 5.26 Å². The first-order chi connectivity index (χ1) is 9.43. The van der Waals surface area contributed by atoms with Crippen LogP contribution < -0.4 is 10.6 Å². The molecule has 0 bridgehead atoms. The van der Waals surface area contributed by atoms with Crippen molar-refractivity contribution in [1.82, 2.24) is 5.32 Å². The first-order valence-electron chi connectivity index (χ1n) is 6.04. The van der Waals surface area contributed by atoms with Crippen molar-refractivity contribution < 1.29 is 9.18 Å². The lowest BCUT2D eigenvalue weighted by molar-refractivity contribution is -0.117. The van der Waals surface area contributed by atoms with Gasteiger partial charge in [0.05, 0.1) is 5.02 Å². The number of nitrogens with zero attached hydrogens (tertiary/aromatic N) is 1. The summed E-state index contributed by atoms with van der Waals surface area (Å²) >= 11 is 5.63. The summed E-state index contributed by atoms with van der Waals surface area (Å²) in [4.78, 5) is 11.7. The number of hydrogen-bond donors (Lipinski definition) is 2. The summed E-state index contributed by atoms with van der Waals surface area (Å²) in [6, 6.07) is 5.83. The lowest BCUT2D eigenvalue weighted by Crippen LogP contribution is -2.28. The fraction of sp³-hybridized carbons (Fsp3) is 0.286. The molecule has 1 aromatic rings. The molecule has 106 valence electrons. The quantitative estimate of drug-likeness (QED) is 0.648. The molecule has 2 N–H and O–H groups in total. The number of anilines is 1. The van der Waals surface area contributed by atoms with Gasteiger partial charge >= 0.3 is 0 Å². The van der Waals surface area contributed by atoms with E-state index in [2.05, 4.69) is 10.6 Å². The Hall–Kier alpha value is -2.06. The first kappa shape index (κ1) is 16.0. The Bertz CT molecular complexity index is 564. The summed E-state index contributed by atoms with van der Waals surface area (Å²) in [7, 11) is 0. The van der Waals surface area contributed by atoms with E-state index in [0.717, 1.165) is 0 Å². The second-order valence-corrected chi connectivity index (χ2v) is 4.95. The maximum absolute atomic E-state index is 13.0. The van der Waals surface area contributed by atoms with E-state index < -0.39 is 11.7 Å². The van der Waals surface area contributed by atoms with Gasteiger partial charge in [-0.1, -0.05) is 25.4 Å². The average Bonchev–Trinajstić information content (AvgIpc) is 2.41. The Morgan fingerprint density at radius 2 is 2.25 bits per heavy atom. The molecule has 0 fully saturated rings. The van der Waals surface area contributed by atoms with Gasteiger partial charge in [0.1, 0.15) is 17.5 Å². The number of halogens is 2. The van der Waals surface area contributed by atoms with E-state index >= 15 is 0 Å². The van der Waals surface area contributed by atoms with Gasteiger partial charge in [-0.15, -0.1) is 0 Å². The molecule has 0 aliphatic rings. The highest BCUT2D eigenvalue weighted by Crippen LogP contribution is 2.19. The normalized spacial score (nSPS) is 11.1. The van der Waals surface area contributed by atoms with Gasteiger partial charge in [-0.25, -0.2) is 4.39 Å². The summed E-state index contributed by atoms with van der Waals surface area (Å²) in [6.45, 7) is 4.39. The minimum Gasteiger partial charge on any atom is -0.360 e. The van der Waals surface area contributed by atoms with Crippen molar-refractivity contribution in [3.05, 3.63) is 40.8 Å². The third-order valence-electron chi connectivity index (χ3n) is 2.34. The van der Waals surface area contributed by atoms with Gasteiger partial charge < -0.3 is 10.6 Å². The fourth-order valence-electron chi connectivity index (χ4n) is 1.28. The topological polar surface area (TPSA) is 64.9 Å². The van der Waals surface area contributed by atoms with Gasteiger partial charge in [0.15, 0.2) is 0 Å². The maximum Gasteiger partial charge on any atom is 0.263 e. The van der Waals surface area contributed by atoms with Crippen molar-refractivity contribution in [2.24, 2.45) is 5.92 Å². The summed E-state index contributed by atoms with van der Waals surface area (Å²) in [5.41, 5.74) is 0.423. The Labute approximate surface area is 122 Å². The number of rotatable bonds is 5. The molecule has 0 saturated heterocycles. The van der Waals surface area contributed by atoms with E-state index in [4.69, 9.17) is 16.9 Å². The Kier molecular flexibility index (Phi) is 6.01. The standard InChI is InChI=1S/C14H15ClFN3O/c1-9(2)7-19-14(20)10(6-17)8-18-11-3-4-13(16)12(15)5-11/h3-5,8-9,18H,7H2,1-2H3,(H,19,20)/b10-8-. The van der Waals surface area contributed by atoms with Gasteiger partial charge in [0.25, 0.3) is 5.91 Å². The maximum atomic E-state index is 13.0. The highest BCUT2D eigenvalue weighted by atomic mass is 35.5. The number of benzene rings is 1. The molecule has 1 aromatic carbocycles. The molecule has 1 amide bonds. The highest BCUT2D eigenvalue weighted by molar-refractivity contribution is 6.31. The predicted octanol–water partition coefficient (Wildman–Crippen LogP) is 3.07. The Balaban J connectivity index is 2.72. The minimum absolute atomic E-state index is 0.0360. The lowest BCUT2D eigenvalue weighted by Gasteiger charge is -2.07. The Morgan fingerprint density at radius 1 is 1.55 bits per heavy atom. The molecule has 0 aliphatic carbocycles. The molecule has 0 spiro atoms. The second kappa shape index (κ2) is 7.51. The van der Waals surface area contributed by atoms with Crippen molar-refractivity contribution in [1.29, 1.82) is 5.26 Å². The van der Waals surface area contributed by atoms with Crippen LogP contribution in [-0.4, -0.2) is 12.5 Å². The molecule has 0 aromatic heterocycles. The minimum atomic E-state index is -0.531. The van der Waals surface area contributed by atoms with Crippen LogP contribution in [0, 0.1) is 23.1 Å². The number of hydrogen-bond acceptors (Lipinski definition) is 3. The van der Waals surface area contributed by atoms with Gasteiger partial charge in [0, 0.05) is 18.4 Å². The average molecular weight is 296 g/mol. The van der Waals surface area contributed by atoms with Crippen molar-refractivity contribution in [2.45, 2.75) is 13.8 Å². The van der Waals surface area contributed by atoms with E-state index in [0.29, 0.717) is 18.2 Å². The SMILES string of the molecule is CC(C)CNC(=O)/C(C#N)=C\Nc1ccc(F)c(Cl)c1. The number of carbonyl (C=O) groups excluding carboxylic acids is 1. The molecule has 0 atom stereocenters. The van der Waals surface area contributed by atoms with E-state index in [1.807, 2.05) is 13.8 Å². The van der Waals surface area contributed by atoms with E-state index in [-0.39, 0.29) is 10.6 Å². The first-order valence-corrected chi connectivity index (χ1v) is 6.42. The molecule has 0 saturated carbocycles. The van der Waals surface area contributed by atoms with Crippen molar-refractivity contribution in [3.63, 3.8) is 0 Å². The predicted molar refractivity (Wildman–Crippen MR) is 76.6 cm³/mol. The van der Waals surface area contributed by atoms with Crippen LogP contribution in [0.5, 0.6) is 0 Å². The van der Waals surface area contributed by atoms with Crippen LogP contribution in [0.1, 0.15) is 13.8 Å². The molecule has 0 aliphatic heterocycles. The molecule has 0 radical (unpaired) electrons. The van der Waals surface area contributed by atoms with Crippen LogP contribution >= 0.6 is 11.6 Å². The summed E-state index contributed by atoms with van der Waals surface area (Å²) in [5, 5.41) is 14.3. The number of nitriles is 1. The molecule has 4 nitrogen and oxygen atoms in total. The van der Waals surface area contributed by atoms with Crippen LogP contribution in [0.25, 0.3) is 0 Å². The van der Waals surface area contributed by atoms with E-state index in [1.165, 1.54) is 24.4 Å². The zero-order chi connectivity index (χ0) is 15.1. The number of carbonyl (C=O) groups is 1. The zero-order valence-corrected chi connectivity index (χ0v) is 12.0. The third kappa shape index (κ3) is 4.90. The lowest BCUT2D eigenvalue weighted by atomic mass is 10.2. The van der Waals surface area contributed by atoms with Gasteiger partial charge in [0.2, 0.25) is 0 Å². The van der Waals surface area contributed by atoms with Crippen molar-refractivity contribution in [3.8, 4) is 6.07 Å². The summed E-state index contributed by atoms with van der Waals surface area (Å²) in [6.07, 6.45) is 1.26. The number of amides is 1. The van der Waals surface area contributed by atoms with Gasteiger partial charge in [-0.05, 0) is 24.1 Å². The summed E-state index contributed by atoms with van der Waals surface area (Å²) in [5.74, 6) is -0.693. The molecule has 20 heavy (non-hydrogen) atoms. The van der Waals surface area contributed by atoms with Crippen LogP contribution in [0.2, 0.25) is 5.02 Å². The summed E-state index contributed by atoms with van der Waals surface area (Å²) < 4.78 is 13.0.